The second kappa shape index (κ2) is 14.1. The van der Waals surface area contributed by atoms with Gasteiger partial charge in [-0.2, -0.15) is 18.6 Å². The van der Waals surface area contributed by atoms with E-state index in [9.17, 15) is 0 Å². The van der Waals surface area contributed by atoms with E-state index in [0.717, 1.165) is 51.6 Å². The van der Waals surface area contributed by atoms with E-state index in [2.05, 4.69) is 74.0 Å². The van der Waals surface area contributed by atoms with Gasteiger partial charge < -0.3 is 14.2 Å². The molecular formula is C31H32N4O3S2. The van der Waals surface area contributed by atoms with Crippen LogP contribution in [0.1, 0.15) is 36.1 Å². The average Bonchev–Trinajstić information content (AvgIpc) is 3.63. The minimum absolute atomic E-state index is 0. The summed E-state index contributed by atoms with van der Waals surface area (Å²) in [7, 11) is 1.66. The third-order valence-corrected chi connectivity index (χ3v) is 7.46. The highest BCUT2D eigenvalue weighted by Crippen LogP contribution is 2.37. The van der Waals surface area contributed by atoms with Crippen molar-refractivity contribution in [1.82, 2.24) is 4.98 Å². The van der Waals surface area contributed by atoms with Gasteiger partial charge in [0.15, 0.2) is 0 Å². The molecule has 2 aromatic heterocycles. The number of rotatable bonds is 11. The van der Waals surface area contributed by atoms with Crippen molar-refractivity contribution in [2.75, 3.05) is 26.9 Å². The van der Waals surface area contributed by atoms with E-state index in [1.165, 1.54) is 10.1 Å². The Morgan fingerprint density at radius 2 is 1.85 bits per heavy atom. The first-order valence-corrected chi connectivity index (χ1v) is 13.7. The SMILES string of the molecule is CC#C[C@@H](CC1=NN=NC1)c1ccc(OCc2ccc3scc(-c4cc(OCCOC)cnc4C)c3c2)cc1.S. The van der Waals surface area contributed by atoms with Gasteiger partial charge in [-0.3, -0.25) is 4.98 Å². The van der Waals surface area contributed by atoms with Crippen LogP contribution in [0, 0.1) is 18.8 Å². The highest BCUT2D eigenvalue weighted by Gasteiger charge is 2.15. The summed E-state index contributed by atoms with van der Waals surface area (Å²) in [4.78, 5) is 4.57. The number of nitrogens with zero attached hydrogens (tertiary/aromatic N) is 4. The Balaban J connectivity index is 0.00000370. The first kappa shape index (κ1) is 29.3. The number of methoxy groups -OCH3 is 1. The van der Waals surface area contributed by atoms with Crippen LogP contribution in [0.4, 0.5) is 0 Å². The number of aromatic nitrogens is 1. The molecule has 0 saturated carbocycles. The van der Waals surface area contributed by atoms with E-state index in [1.54, 1.807) is 24.6 Å². The number of pyridine rings is 1. The van der Waals surface area contributed by atoms with Crippen molar-refractivity contribution in [3.8, 4) is 34.5 Å². The molecule has 5 rings (SSSR count). The monoisotopic (exact) mass is 572 g/mol. The van der Waals surface area contributed by atoms with E-state index < -0.39 is 0 Å². The van der Waals surface area contributed by atoms with Crippen molar-refractivity contribution in [1.29, 1.82) is 0 Å². The van der Waals surface area contributed by atoms with Gasteiger partial charge in [-0.25, -0.2) is 0 Å². The molecule has 1 aliphatic rings. The zero-order valence-electron chi connectivity index (χ0n) is 22.8. The standard InChI is InChI=1S/C31H30N4O3S.H2S/c1-4-5-24(15-25-17-33-35-34-25)23-7-9-26(10-8-23)38-19-22-6-11-31-29(14-22)30(20-39-31)28-16-27(18-32-21(28)2)37-13-12-36-3;/h6-11,14,16,18,20,24H,12-13,15,17,19H2,1-3H3;1H2/t24-;/m0./s1. The summed E-state index contributed by atoms with van der Waals surface area (Å²) in [6.45, 7) is 5.94. The molecule has 0 aliphatic carbocycles. The molecule has 2 aromatic carbocycles. The molecule has 1 atom stereocenters. The molecule has 0 amide bonds. The lowest BCUT2D eigenvalue weighted by atomic mass is 9.94. The molecule has 0 N–H and O–H groups in total. The molecule has 0 bridgehead atoms. The summed E-state index contributed by atoms with van der Waals surface area (Å²) >= 11 is 1.73. The average molecular weight is 573 g/mol. The van der Waals surface area contributed by atoms with E-state index in [-0.39, 0.29) is 19.4 Å². The van der Waals surface area contributed by atoms with Crippen LogP contribution in [0.5, 0.6) is 11.5 Å². The molecule has 3 heterocycles. The highest BCUT2D eigenvalue weighted by atomic mass is 32.1. The van der Waals surface area contributed by atoms with Gasteiger partial charge in [0.05, 0.1) is 24.4 Å². The minimum Gasteiger partial charge on any atom is -0.490 e. The Hall–Kier alpha value is -3.71. The van der Waals surface area contributed by atoms with Crippen molar-refractivity contribution >= 4 is 40.6 Å². The Morgan fingerprint density at radius 3 is 2.60 bits per heavy atom. The molecule has 4 aromatic rings. The van der Waals surface area contributed by atoms with Gasteiger partial charge in [0, 0.05) is 40.4 Å². The lowest BCUT2D eigenvalue weighted by Crippen LogP contribution is -2.07. The van der Waals surface area contributed by atoms with Crippen molar-refractivity contribution < 1.29 is 14.2 Å². The van der Waals surface area contributed by atoms with E-state index in [4.69, 9.17) is 14.2 Å². The summed E-state index contributed by atoms with van der Waals surface area (Å²) in [6.07, 6.45) is 2.49. The summed E-state index contributed by atoms with van der Waals surface area (Å²) in [5.41, 5.74) is 6.38. The zero-order valence-corrected chi connectivity index (χ0v) is 24.6. The van der Waals surface area contributed by atoms with Crippen molar-refractivity contribution in [3.63, 3.8) is 0 Å². The third-order valence-electron chi connectivity index (χ3n) is 6.49. The summed E-state index contributed by atoms with van der Waals surface area (Å²) < 4.78 is 18.3. The van der Waals surface area contributed by atoms with Gasteiger partial charge >= 0.3 is 0 Å². The van der Waals surface area contributed by atoms with Crippen LogP contribution < -0.4 is 9.47 Å². The second-order valence-corrected chi connectivity index (χ2v) is 10.1. The van der Waals surface area contributed by atoms with Crippen LogP contribution in [-0.2, 0) is 11.3 Å². The molecular weight excluding hydrogens is 541 g/mol. The van der Waals surface area contributed by atoms with Crippen LogP contribution in [0.15, 0.2) is 75.5 Å². The van der Waals surface area contributed by atoms with Gasteiger partial charge in [0.2, 0.25) is 0 Å². The fraction of sp³-hybridized carbons (Fsp3) is 0.290. The van der Waals surface area contributed by atoms with Gasteiger partial charge in [0.1, 0.15) is 31.3 Å². The topological polar surface area (TPSA) is 77.7 Å². The van der Waals surface area contributed by atoms with Gasteiger partial charge in [-0.1, -0.05) is 24.1 Å². The molecule has 1 aliphatic heterocycles. The number of fused-ring (bicyclic) bond motifs is 1. The molecule has 0 saturated heterocycles. The number of thiophene rings is 1. The number of ether oxygens (including phenoxy) is 3. The Bertz CT molecular complexity index is 1570. The first-order chi connectivity index (χ1) is 19.1. The first-order valence-electron chi connectivity index (χ1n) is 12.8. The third kappa shape index (κ3) is 7.07. The maximum absolute atomic E-state index is 6.16. The predicted molar refractivity (Wildman–Crippen MR) is 166 cm³/mol. The van der Waals surface area contributed by atoms with Crippen LogP contribution in [-0.4, -0.2) is 37.6 Å². The van der Waals surface area contributed by atoms with Crippen molar-refractivity contribution in [3.05, 3.63) is 76.9 Å². The largest absolute Gasteiger partial charge is 0.490 e. The van der Waals surface area contributed by atoms with Crippen LogP contribution in [0.25, 0.3) is 21.2 Å². The van der Waals surface area contributed by atoms with E-state index in [1.807, 2.05) is 26.0 Å². The lowest BCUT2D eigenvalue weighted by Gasteiger charge is -2.12. The quantitative estimate of drug-likeness (QED) is 0.139. The molecule has 0 radical (unpaired) electrons. The number of hydrogen-bond donors (Lipinski definition) is 0. The van der Waals surface area contributed by atoms with Crippen LogP contribution in [0.3, 0.4) is 0 Å². The highest BCUT2D eigenvalue weighted by molar-refractivity contribution is 7.59. The molecule has 9 heteroatoms. The maximum atomic E-state index is 6.16. The molecule has 0 unspecified atom stereocenters. The molecule has 40 heavy (non-hydrogen) atoms. The number of hydrogen-bond acceptors (Lipinski definition) is 8. The Labute approximate surface area is 245 Å². The summed E-state index contributed by atoms with van der Waals surface area (Å²) in [5, 5.41) is 15.1. The summed E-state index contributed by atoms with van der Waals surface area (Å²) in [5.74, 6) is 7.94. The number of benzene rings is 2. The minimum atomic E-state index is 0. The van der Waals surface area contributed by atoms with Crippen molar-refractivity contribution in [2.24, 2.45) is 15.4 Å². The predicted octanol–water partition coefficient (Wildman–Crippen LogP) is 7.31. The van der Waals surface area contributed by atoms with Gasteiger partial charge in [0.25, 0.3) is 0 Å². The normalized spacial score (nSPS) is 12.8. The molecule has 7 nitrogen and oxygen atoms in total. The zero-order chi connectivity index (χ0) is 27.0. The fourth-order valence-corrected chi connectivity index (χ4v) is 5.39. The van der Waals surface area contributed by atoms with Crippen molar-refractivity contribution in [2.45, 2.75) is 32.8 Å². The molecule has 0 fully saturated rings. The van der Waals surface area contributed by atoms with Gasteiger partial charge in [-0.05, 0) is 65.9 Å². The Morgan fingerprint density at radius 1 is 1.00 bits per heavy atom. The molecule has 206 valence electrons. The fourth-order valence-electron chi connectivity index (χ4n) is 4.45. The van der Waals surface area contributed by atoms with E-state index in [0.29, 0.717) is 26.4 Å². The van der Waals surface area contributed by atoms with Crippen LogP contribution in [0.2, 0.25) is 0 Å². The summed E-state index contributed by atoms with van der Waals surface area (Å²) in [6, 6.07) is 16.7. The van der Waals surface area contributed by atoms with Gasteiger partial charge in [-0.15, -0.1) is 22.4 Å². The number of aryl methyl sites for hydroxylation is 1. The van der Waals surface area contributed by atoms with Crippen LogP contribution >= 0.6 is 24.8 Å². The van der Waals surface area contributed by atoms with E-state index >= 15 is 0 Å². The lowest BCUT2D eigenvalue weighted by molar-refractivity contribution is 0.146. The second-order valence-electron chi connectivity index (χ2n) is 9.19. The molecule has 0 spiro atoms. The smallest absolute Gasteiger partial charge is 0.138 e. The maximum Gasteiger partial charge on any atom is 0.138 e. The Kier molecular flexibility index (Phi) is 10.3.